The van der Waals surface area contributed by atoms with Crippen molar-refractivity contribution in [3.63, 3.8) is 0 Å². The van der Waals surface area contributed by atoms with Gasteiger partial charge >= 0.3 is 0 Å². The van der Waals surface area contributed by atoms with E-state index in [9.17, 15) is 0 Å². The van der Waals surface area contributed by atoms with Gasteiger partial charge in [-0.1, -0.05) is 103 Å². The zero-order chi connectivity index (χ0) is 26.0. The number of aryl methyl sites for hydroxylation is 2. The van der Waals surface area contributed by atoms with Gasteiger partial charge in [0.15, 0.2) is 0 Å². The van der Waals surface area contributed by atoms with Gasteiger partial charge in [-0.05, 0) is 120 Å². The SMILES string of the molecule is Cc1cccc(-c2cccc3c2C=C(C2(C4=Cc5c(cccc5-c5cccc(C)c5C)C4)CCC2)C3)c1C. The Morgan fingerprint density at radius 3 is 1.34 bits per heavy atom. The Bertz CT molecular complexity index is 1550. The molecule has 1 saturated carbocycles. The molecule has 7 rings (SSSR count). The number of fused-ring (bicyclic) bond motifs is 2. The van der Waals surface area contributed by atoms with Crippen LogP contribution in [0.3, 0.4) is 0 Å². The number of hydrogen-bond acceptors (Lipinski definition) is 0. The average Bonchev–Trinajstić information content (AvgIpc) is 3.52. The fraction of sp³-hybridized carbons (Fsp3) is 0.263. The minimum absolute atomic E-state index is 0.218. The molecule has 0 nitrogen and oxygen atoms in total. The molecule has 0 spiro atoms. The molecule has 188 valence electrons. The van der Waals surface area contributed by atoms with Gasteiger partial charge in [-0.3, -0.25) is 0 Å². The van der Waals surface area contributed by atoms with Crippen molar-refractivity contribution in [2.45, 2.75) is 59.8 Å². The standard InChI is InChI=1S/C38H36/c1-24-10-5-14-32(26(24)3)34-16-7-12-28-20-30(22-36(28)34)38(18-9-19-38)31-21-29-13-8-17-35(37(29)23-31)33-15-6-11-25(2)27(33)4/h5-8,10-17,22-23H,9,18-21H2,1-4H3. The first kappa shape index (κ1) is 23.5. The van der Waals surface area contributed by atoms with Crippen LogP contribution in [0.1, 0.15) is 63.8 Å². The van der Waals surface area contributed by atoms with Gasteiger partial charge in [0, 0.05) is 5.41 Å². The minimum Gasteiger partial charge on any atom is -0.0614 e. The molecule has 4 aromatic carbocycles. The summed E-state index contributed by atoms with van der Waals surface area (Å²) < 4.78 is 0. The van der Waals surface area contributed by atoms with Gasteiger partial charge in [-0.25, -0.2) is 0 Å². The second kappa shape index (κ2) is 8.70. The molecule has 0 amide bonds. The van der Waals surface area contributed by atoms with E-state index in [1.54, 1.807) is 11.1 Å². The van der Waals surface area contributed by atoms with E-state index < -0.39 is 0 Å². The molecule has 3 aliphatic carbocycles. The van der Waals surface area contributed by atoms with E-state index >= 15 is 0 Å². The zero-order valence-corrected chi connectivity index (χ0v) is 23.1. The van der Waals surface area contributed by atoms with Crippen LogP contribution in [0.4, 0.5) is 0 Å². The van der Waals surface area contributed by atoms with Gasteiger partial charge in [0.2, 0.25) is 0 Å². The molecule has 0 aliphatic heterocycles. The fourth-order valence-corrected chi connectivity index (χ4v) is 7.29. The maximum Gasteiger partial charge on any atom is 0.0134 e. The van der Waals surface area contributed by atoms with Crippen molar-refractivity contribution in [2.75, 3.05) is 0 Å². The number of allylic oxidation sites excluding steroid dienone is 2. The molecule has 0 radical (unpaired) electrons. The lowest BCUT2D eigenvalue weighted by Crippen LogP contribution is -2.34. The van der Waals surface area contributed by atoms with Crippen LogP contribution >= 0.6 is 0 Å². The molecule has 0 unspecified atom stereocenters. The van der Waals surface area contributed by atoms with Crippen molar-refractivity contribution in [1.82, 2.24) is 0 Å². The molecule has 38 heavy (non-hydrogen) atoms. The summed E-state index contributed by atoms with van der Waals surface area (Å²) in [5.41, 5.74) is 20.5. The monoisotopic (exact) mass is 492 g/mol. The van der Waals surface area contributed by atoms with Crippen molar-refractivity contribution < 1.29 is 0 Å². The molecule has 0 heteroatoms. The summed E-state index contributed by atoms with van der Waals surface area (Å²) in [6.07, 6.45) is 11.2. The van der Waals surface area contributed by atoms with Gasteiger partial charge in [0.05, 0.1) is 0 Å². The third kappa shape index (κ3) is 3.43. The lowest BCUT2D eigenvalue weighted by Gasteiger charge is -2.45. The summed E-state index contributed by atoms with van der Waals surface area (Å²) in [5.74, 6) is 0. The van der Waals surface area contributed by atoms with Crippen LogP contribution in [0, 0.1) is 33.1 Å². The molecule has 0 heterocycles. The Labute approximate surface area is 227 Å². The summed E-state index contributed by atoms with van der Waals surface area (Å²) in [6.45, 7) is 8.99. The molecule has 0 aromatic heterocycles. The van der Waals surface area contributed by atoms with Crippen LogP contribution in [-0.2, 0) is 12.8 Å². The summed E-state index contributed by atoms with van der Waals surface area (Å²) in [4.78, 5) is 0. The molecule has 3 aliphatic rings. The van der Waals surface area contributed by atoms with Crippen LogP contribution in [0.2, 0.25) is 0 Å². The lowest BCUT2D eigenvalue weighted by molar-refractivity contribution is 0.235. The number of hydrogen-bond donors (Lipinski definition) is 0. The zero-order valence-electron chi connectivity index (χ0n) is 23.1. The quantitative estimate of drug-likeness (QED) is 0.266. The Kier molecular flexibility index (Phi) is 5.38. The van der Waals surface area contributed by atoms with Gasteiger partial charge < -0.3 is 0 Å². The lowest BCUT2D eigenvalue weighted by atomic mass is 9.59. The molecule has 4 aromatic rings. The Balaban J connectivity index is 1.31. The maximum atomic E-state index is 2.58. The molecule has 0 atom stereocenters. The minimum atomic E-state index is 0.218. The van der Waals surface area contributed by atoms with Crippen LogP contribution in [0.5, 0.6) is 0 Å². The van der Waals surface area contributed by atoms with Crippen LogP contribution in [-0.4, -0.2) is 0 Å². The van der Waals surface area contributed by atoms with Gasteiger partial charge in [-0.2, -0.15) is 0 Å². The second-order valence-corrected chi connectivity index (χ2v) is 11.9. The predicted octanol–water partition coefficient (Wildman–Crippen LogP) is 10.0. The van der Waals surface area contributed by atoms with Crippen molar-refractivity contribution in [3.05, 3.63) is 128 Å². The maximum absolute atomic E-state index is 2.58. The van der Waals surface area contributed by atoms with E-state index in [0.29, 0.717) is 0 Å². The summed E-state index contributed by atoms with van der Waals surface area (Å²) in [5, 5.41) is 0. The third-order valence-electron chi connectivity index (χ3n) is 10.0. The predicted molar refractivity (Wildman–Crippen MR) is 162 cm³/mol. The first-order valence-corrected chi connectivity index (χ1v) is 14.3. The highest BCUT2D eigenvalue weighted by Gasteiger charge is 2.46. The van der Waals surface area contributed by atoms with E-state index in [1.165, 1.54) is 86.0 Å². The third-order valence-corrected chi connectivity index (χ3v) is 10.0. The van der Waals surface area contributed by atoms with Crippen molar-refractivity contribution in [2.24, 2.45) is 5.41 Å². The molecule has 0 saturated heterocycles. The first-order chi connectivity index (χ1) is 18.5. The second-order valence-electron chi connectivity index (χ2n) is 11.9. The summed E-state index contributed by atoms with van der Waals surface area (Å²) >= 11 is 0. The van der Waals surface area contributed by atoms with Crippen LogP contribution < -0.4 is 0 Å². The smallest absolute Gasteiger partial charge is 0.0134 e. The molecular weight excluding hydrogens is 456 g/mol. The van der Waals surface area contributed by atoms with E-state index in [4.69, 9.17) is 0 Å². The highest BCUT2D eigenvalue weighted by molar-refractivity contribution is 5.86. The first-order valence-electron chi connectivity index (χ1n) is 14.3. The number of rotatable bonds is 4. The molecule has 1 fully saturated rings. The largest absolute Gasteiger partial charge is 0.0614 e. The molecular formula is C38H36. The fourth-order valence-electron chi connectivity index (χ4n) is 7.29. The number of benzene rings is 4. The molecule has 0 N–H and O–H groups in total. The molecule has 0 bridgehead atoms. The van der Waals surface area contributed by atoms with E-state index in [-0.39, 0.29) is 5.41 Å². The van der Waals surface area contributed by atoms with Crippen molar-refractivity contribution in [1.29, 1.82) is 0 Å². The topological polar surface area (TPSA) is 0 Å². The van der Waals surface area contributed by atoms with Gasteiger partial charge in [0.25, 0.3) is 0 Å². The normalized spacial score (nSPS) is 16.9. The van der Waals surface area contributed by atoms with Crippen LogP contribution in [0.15, 0.2) is 83.9 Å². The summed E-state index contributed by atoms with van der Waals surface area (Å²) in [7, 11) is 0. The van der Waals surface area contributed by atoms with Gasteiger partial charge in [0.1, 0.15) is 0 Å². The van der Waals surface area contributed by atoms with E-state index in [1.807, 2.05) is 0 Å². The van der Waals surface area contributed by atoms with E-state index in [2.05, 4.69) is 113 Å². The highest BCUT2D eigenvalue weighted by Crippen LogP contribution is 2.59. The van der Waals surface area contributed by atoms with Crippen LogP contribution in [0.25, 0.3) is 34.4 Å². The average molecular weight is 493 g/mol. The summed E-state index contributed by atoms with van der Waals surface area (Å²) in [6, 6.07) is 27.4. The van der Waals surface area contributed by atoms with E-state index in [0.717, 1.165) is 12.8 Å². The Morgan fingerprint density at radius 2 is 0.921 bits per heavy atom. The highest BCUT2D eigenvalue weighted by atomic mass is 14.5. The van der Waals surface area contributed by atoms with Crippen molar-refractivity contribution in [3.8, 4) is 22.3 Å². The van der Waals surface area contributed by atoms with Gasteiger partial charge in [-0.15, -0.1) is 0 Å². The van der Waals surface area contributed by atoms with Crippen molar-refractivity contribution >= 4 is 12.2 Å². The Hall–Kier alpha value is -3.64. The Morgan fingerprint density at radius 1 is 0.500 bits per heavy atom.